The van der Waals surface area contributed by atoms with Crippen LogP contribution in [0.2, 0.25) is 0 Å². The van der Waals surface area contributed by atoms with Crippen LogP contribution in [-0.4, -0.2) is 24.8 Å². The predicted molar refractivity (Wildman–Crippen MR) is 91.1 cm³/mol. The maximum Gasteiger partial charge on any atom is 0.263 e. The number of methoxy groups -OCH3 is 1. The van der Waals surface area contributed by atoms with E-state index in [0.717, 1.165) is 10.0 Å². The summed E-state index contributed by atoms with van der Waals surface area (Å²) in [6.45, 7) is 0. The highest BCUT2D eigenvalue weighted by Crippen LogP contribution is 2.39. The zero-order valence-electron chi connectivity index (χ0n) is 12.2. The molecule has 1 amide bonds. The summed E-state index contributed by atoms with van der Waals surface area (Å²) in [6, 6.07) is 10.3. The lowest BCUT2D eigenvalue weighted by Crippen LogP contribution is -2.50. The van der Waals surface area contributed by atoms with Crippen molar-refractivity contribution in [3.63, 3.8) is 0 Å². The fourth-order valence-electron chi connectivity index (χ4n) is 3.17. The summed E-state index contributed by atoms with van der Waals surface area (Å²) in [5, 5.41) is 0. The van der Waals surface area contributed by atoms with Gasteiger partial charge in [0.25, 0.3) is 5.91 Å². The van der Waals surface area contributed by atoms with Gasteiger partial charge in [-0.2, -0.15) is 0 Å². The van der Waals surface area contributed by atoms with Gasteiger partial charge in [0, 0.05) is 15.7 Å². The fraction of sp³-hybridized carbons (Fsp3) is 0.111. The van der Waals surface area contributed by atoms with Crippen LogP contribution < -0.4 is 9.64 Å². The van der Waals surface area contributed by atoms with E-state index in [9.17, 15) is 9.59 Å². The van der Waals surface area contributed by atoms with E-state index in [4.69, 9.17) is 4.74 Å². The van der Waals surface area contributed by atoms with Crippen molar-refractivity contribution in [2.75, 3.05) is 12.0 Å². The topological polar surface area (TPSA) is 46.6 Å². The Hall–Kier alpha value is -2.40. The van der Waals surface area contributed by atoms with Gasteiger partial charge in [-0.05, 0) is 29.8 Å². The van der Waals surface area contributed by atoms with Crippen LogP contribution in [0.3, 0.4) is 0 Å². The van der Waals surface area contributed by atoms with Gasteiger partial charge in [0.05, 0.1) is 12.7 Å². The zero-order valence-corrected chi connectivity index (χ0v) is 13.8. The minimum Gasteiger partial charge on any atom is -0.496 e. The second kappa shape index (κ2) is 5.06. The SMILES string of the molecule is COc1ccc2c3c1C(=O)N(c1cccc(Br)c1)C(C=C2)C3=O. The van der Waals surface area contributed by atoms with Crippen LogP contribution in [0.4, 0.5) is 5.69 Å². The molecular weight excluding hydrogens is 358 g/mol. The molecule has 0 fully saturated rings. The number of ether oxygens (including phenoxy) is 1. The summed E-state index contributed by atoms with van der Waals surface area (Å²) in [5.41, 5.74) is 2.25. The Morgan fingerprint density at radius 1 is 1.13 bits per heavy atom. The van der Waals surface area contributed by atoms with Crippen LogP contribution in [0.5, 0.6) is 5.75 Å². The quantitative estimate of drug-likeness (QED) is 0.810. The molecule has 2 aromatic rings. The van der Waals surface area contributed by atoms with Gasteiger partial charge in [-0.1, -0.05) is 40.2 Å². The number of amides is 1. The van der Waals surface area contributed by atoms with Crippen molar-refractivity contribution in [3.05, 3.63) is 63.6 Å². The number of benzene rings is 2. The number of fused-ring (bicyclic) bond motifs is 1. The second-order valence-corrected chi connectivity index (χ2v) is 6.35. The minimum atomic E-state index is -0.607. The van der Waals surface area contributed by atoms with Crippen LogP contribution in [0, 0.1) is 0 Å². The first kappa shape index (κ1) is 14.2. The fourth-order valence-corrected chi connectivity index (χ4v) is 3.56. The second-order valence-electron chi connectivity index (χ2n) is 5.43. The van der Waals surface area contributed by atoms with Crippen molar-refractivity contribution in [2.24, 2.45) is 0 Å². The summed E-state index contributed by atoms with van der Waals surface area (Å²) in [6.07, 6.45) is 3.67. The first-order chi connectivity index (χ1) is 11.1. The maximum absolute atomic E-state index is 13.1. The van der Waals surface area contributed by atoms with Crippen LogP contribution in [0.1, 0.15) is 26.3 Å². The van der Waals surface area contributed by atoms with Crippen molar-refractivity contribution < 1.29 is 14.3 Å². The molecule has 0 spiro atoms. The monoisotopic (exact) mass is 369 g/mol. The lowest BCUT2D eigenvalue weighted by Gasteiger charge is -2.37. The van der Waals surface area contributed by atoms with E-state index in [1.807, 2.05) is 36.4 Å². The van der Waals surface area contributed by atoms with E-state index in [0.29, 0.717) is 22.6 Å². The molecule has 2 aliphatic rings. The molecule has 114 valence electrons. The van der Waals surface area contributed by atoms with Gasteiger partial charge in [0.2, 0.25) is 0 Å². The summed E-state index contributed by atoms with van der Waals surface area (Å²) >= 11 is 3.41. The molecule has 2 aromatic carbocycles. The van der Waals surface area contributed by atoms with Crippen molar-refractivity contribution in [1.29, 1.82) is 0 Å². The number of rotatable bonds is 2. The van der Waals surface area contributed by atoms with E-state index < -0.39 is 6.04 Å². The predicted octanol–water partition coefficient (Wildman–Crippen LogP) is 3.70. The molecule has 5 heteroatoms. The van der Waals surface area contributed by atoms with Crippen LogP contribution in [0.25, 0.3) is 6.08 Å². The average molecular weight is 370 g/mol. The minimum absolute atomic E-state index is 0.0732. The maximum atomic E-state index is 13.1. The number of nitrogens with zero attached hydrogens (tertiary/aromatic N) is 1. The van der Waals surface area contributed by atoms with E-state index >= 15 is 0 Å². The summed E-state index contributed by atoms with van der Waals surface area (Å²) < 4.78 is 6.17. The molecule has 1 unspecified atom stereocenters. The number of hydrogen-bond donors (Lipinski definition) is 0. The summed E-state index contributed by atoms with van der Waals surface area (Å²) in [7, 11) is 1.50. The smallest absolute Gasteiger partial charge is 0.263 e. The number of ketones is 1. The molecule has 1 aliphatic carbocycles. The molecule has 23 heavy (non-hydrogen) atoms. The highest BCUT2D eigenvalue weighted by Gasteiger charge is 2.43. The molecule has 4 nitrogen and oxygen atoms in total. The van der Waals surface area contributed by atoms with Crippen LogP contribution >= 0.6 is 15.9 Å². The summed E-state index contributed by atoms with van der Waals surface area (Å²) in [5.74, 6) is 0.137. The van der Waals surface area contributed by atoms with Crippen molar-refractivity contribution in [1.82, 2.24) is 0 Å². The molecule has 0 aromatic heterocycles. The Morgan fingerprint density at radius 3 is 2.70 bits per heavy atom. The molecule has 0 saturated heterocycles. The van der Waals surface area contributed by atoms with E-state index in [1.165, 1.54) is 12.0 Å². The highest BCUT2D eigenvalue weighted by atomic mass is 79.9. The van der Waals surface area contributed by atoms with Gasteiger partial charge in [-0.3, -0.25) is 14.5 Å². The van der Waals surface area contributed by atoms with Gasteiger partial charge in [0.1, 0.15) is 11.8 Å². The Balaban J connectivity index is 1.98. The van der Waals surface area contributed by atoms with E-state index in [1.54, 1.807) is 12.1 Å². The van der Waals surface area contributed by atoms with Crippen molar-refractivity contribution in [3.8, 4) is 5.75 Å². The van der Waals surface area contributed by atoms with E-state index in [2.05, 4.69) is 15.9 Å². The molecule has 4 rings (SSSR count). The third-order valence-corrected chi connectivity index (χ3v) is 4.68. The number of carbonyl (C=O) groups excluding carboxylic acids is 2. The Morgan fingerprint density at radius 2 is 1.96 bits per heavy atom. The number of halogens is 1. The molecular formula is C18H12BrNO3. The van der Waals surface area contributed by atoms with Gasteiger partial charge in [-0.25, -0.2) is 0 Å². The Bertz CT molecular complexity index is 888. The molecule has 0 radical (unpaired) electrons. The van der Waals surface area contributed by atoms with Gasteiger partial charge in [0.15, 0.2) is 5.78 Å². The first-order valence-corrected chi connectivity index (χ1v) is 7.93. The number of Topliss-reactive ketones (excluding diaryl/α,β-unsaturated/α-hetero) is 1. The Kier molecular flexibility index (Phi) is 3.13. The molecule has 0 saturated carbocycles. The third-order valence-electron chi connectivity index (χ3n) is 4.19. The molecule has 0 N–H and O–H groups in total. The zero-order chi connectivity index (χ0) is 16.1. The number of carbonyl (C=O) groups is 2. The lowest BCUT2D eigenvalue weighted by molar-refractivity contribution is 0.0882. The number of hydrogen-bond acceptors (Lipinski definition) is 3. The Labute approximate surface area is 141 Å². The highest BCUT2D eigenvalue weighted by molar-refractivity contribution is 9.10. The average Bonchev–Trinajstić information content (AvgIpc) is 2.55. The standard InChI is InChI=1S/C18H12BrNO3/c1-23-14-8-6-10-5-7-13-17(21)15(10)16(14)18(22)20(13)12-4-2-3-11(19)9-12/h2-9,13H,1H3. The summed E-state index contributed by atoms with van der Waals surface area (Å²) in [4.78, 5) is 27.5. The van der Waals surface area contributed by atoms with Gasteiger partial charge in [-0.15, -0.1) is 0 Å². The van der Waals surface area contributed by atoms with Crippen LogP contribution in [0.15, 0.2) is 46.9 Å². The van der Waals surface area contributed by atoms with Gasteiger partial charge >= 0.3 is 0 Å². The first-order valence-electron chi connectivity index (χ1n) is 7.14. The molecule has 2 bridgehead atoms. The lowest BCUT2D eigenvalue weighted by atomic mass is 9.83. The van der Waals surface area contributed by atoms with Crippen molar-refractivity contribution >= 4 is 39.4 Å². The van der Waals surface area contributed by atoms with E-state index in [-0.39, 0.29) is 11.7 Å². The third kappa shape index (κ3) is 1.96. The van der Waals surface area contributed by atoms with Crippen molar-refractivity contribution in [2.45, 2.75) is 6.04 Å². The normalized spacial score (nSPS) is 18.3. The molecule has 1 heterocycles. The molecule has 1 aliphatic heterocycles. The number of anilines is 1. The largest absolute Gasteiger partial charge is 0.496 e. The van der Waals surface area contributed by atoms with Gasteiger partial charge < -0.3 is 4.74 Å². The van der Waals surface area contributed by atoms with Crippen LogP contribution in [-0.2, 0) is 0 Å². The molecule has 1 atom stereocenters.